The Kier molecular flexibility index (Phi) is 3.76. The van der Waals surface area contributed by atoms with Gasteiger partial charge in [-0.15, -0.1) is 0 Å². The normalized spacial score (nSPS) is 45.2. The lowest BCUT2D eigenvalue weighted by molar-refractivity contribution is 0.154. The fourth-order valence-corrected chi connectivity index (χ4v) is 7.73. The Bertz CT molecular complexity index is 526. The van der Waals surface area contributed by atoms with Crippen LogP contribution in [0.3, 0.4) is 0 Å². The summed E-state index contributed by atoms with van der Waals surface area (Å²) in [4.78, 5) is 7.64. The molecule has 0 amide bonds. The zero-order chi connectivity index (χ0) is 16.4. The predicted molar refractivity (Wildman–Crippen MR) is 106 cm³/mol. The molecule has 0 radical (unpaired) electrons. The first-order valence-electron chi connectivity index (χ1n) is 10.2. The highest BCUT2D eigenvalue weighted by Gasteiger charge is 2.51. The summed E-state index contributed by atoms with van der Waals surface area (Å²) in [5.74, 6) is 2.09. The zero-order valence-electron chi connectivity index (χ0n) is 14.8. The molecular formula is C20H30N2S2. The Balaban J connectivity index is 0.000000109. The van der Waals surface area contributed by atoms with Crippen molar-refractivity contribution >= 4 is 34.4 Å². The van der Waals surface area contributed by atoms with E-state index >= 15 is 0 Å². The molecule has 2 saturated carbocycles. The van der Waals surface area contributed by atoms with Gasteiger partial charge in [0.05, 0.1) is 9.98 Å². The largest absolute Gasteiger partial charge is 0.360 e. The summed E-state index contributed by atoms with van der Waals surface area (Å²) in [5, 5.41) is 0. The van der Waals surface area contributed by atoms with Crippen LogP contribution in [0.2, 0.25) is 0 Å². The van der Waals surface area contributed by atoms with Crippen LogP contribution < -0.4 is 0 Å². The molecule has 24 heavy (non-hydrogen) atoms. The second-order valence-corrected chi connectivity index (χ2v) is 10.3. The Morgan fingerprint density at radius 1 is 0.667 bits per heavy atom. The molecule has 4 heteroatoms. The molecule has 4 aliphatic heterocycles. The van der Waals surface area contributed by atoms with Crippen LogP contribution in [-0.4, -0.2) is 43.9 Å². The Labute approximate surface area is 157 Å². The van der Waals surface area contributed by atoms with Crippen LogP contribution in [-0.2, 0) is 0 Å². The summed E-state index contributed by atoms with van der Waals surface area (Å²) in [7, 11) is 0. The van der Waals surface area contributed by atoms with E-state index in [1.165, 1.54) is 100 Å². The average Bonchev–Trinajstić information content (AvgIpc) is 3.30. The highest BCUT2D eigenvalue weighted by molar-refractivity contribution is 7.80. The first kappa shape index (κ1) is 16.0. The molecular weight excluding hydrogens is 332 g/mol. The third kappa shape index (κ3) is 2.31. The first-order chi connectivity index (χ1) is 11.6. The molecule has 4 bridgehead atoms. The van der Waals surface area contributed by atoms with Gasteiger partial charge in [-0.05, 0) is 76.0 Å². The SMILES string of the molecule is S=C1CC[C@@]23CC[C@@H](CCN12)C3.S=C1CC[C@]23CC[C@H](CCN12)C3. The Morgan fingerprint density at radius 3 is 1.58 bits per heavy atom. The Morgan fingerprint density at radius 2 is 1.12 bits per heavy atom. The predicted octanol–water partition coefficient (Wildman–Crippen LogP) is 4.70. The number of thiocarbonyl (C=S) groups is 2. The van der Waals surface area contributed by atoms with Gasteiger partial charge in [-0.25, -0.2) is 0 Å². The topological polar surface area (TPSA) is 6.48 Å². The highest BCUT2D eigenvalue weighted by Crippen LogP contribution is 2.51. The number of nitrogens with zero attached hydrogens (tertiary/aromatic N) is 2. The molecule has 6 aliphatic rings. The van der Waals surface area contributed by atoms with E-state index in [0.717, 1.165) is 11.8 Å². The minimum absolute atomic E-state index is 0.569. The van der Waals surface area contributed by atoms with Gasteiger partial charge in [-0.1, -0.05) is 24.4 Å². The quantitative estimate of drug-likeness (QED) is 0.576. The summed E-state index contributed by atoms with van der Waals surface area (Å²) in [6.45, 7) is 2.53. The highest BCUT2D eigenvalue weighted by atomic mass is 32.1. The molecule has 4 saturated heterocycles. The van der Waals surface area contributed by atoms with E-state index in [2.05, 4.69) is 9.80 Å². The number of fused-ring (bicyclic) bond motifs is 2. The number of hydrogen-bond acceptors (Lipinski definition) is 2. The number of rotatable bonds is 0. The monoisotopic (exact) mass is 362 g/mol. The zero-order valence-corrected chi connectivity index (χ0v) is 16.4. The van der Waals surface area contributed by atoms with Crippen molar-refractivity contribution in [1.29, 1.82) is 0 Å². The van der Waals surface area contributed by atoms with Gasteiger partial charge in [0.2, 0.25) is 0 Å². The lowest BCUT2D eigenvalue weighted by Crippen LogP contribution is -2.46. The van der Waals surface area contributed by atoms with Crippen molar-refractivity contribution in [2.75, 3.05) is 13.1 Å². The molecule has 0 N–H and O–H groups in total. The van der Waals surface area contributed by atoms with Crippen LogP contribution in [0.5, 0.6) is 0 Å². The van der Waals surface area contributed by atoms with E-state index in [-0.39, 0.29) is 0 Å². The van der Waals surface area contributed by atoms with E-state index in [1.54, 1.807) is 0 Å². The summed E-state index contributed by atoms with van der Waals surface area (Å²) in [6.07, 6.45) is 16.6. The lowest BCUT2D eigenvalue weighted by Gasteiger charge is -2.40. The molecule has 2 aliphatic carbocycles. The molecule has 6 fully saturated rings. The van der Waals surface area contributed by atoms with Gasteiger partial charge in [0, 0.05) is 37.0 Å². The third-order valence-electron chi connectivity index (χ3n) is 8.25. The molecule has 2 nitrogen and oxygen atoms in total. The molecule has 6 rings (SSSR count). The maximum atomic E-state index is 5.40. The van der Waals surface area contributed by atoms with Crippen LogP contribution in [0.4, 0.5) is 0 Å². The molecule has 2 spiro atoms. The molecule has 132 valence electrons. The van der Waals surface area contributed by atoms with E-state index in [0.29, 0.717) is 11.1 Å². The Hall–Kier alpha value is -0.220. The van der Waals surface area contributed by atoms with Crippen LogP contribution in [0, 0.1) is 11.8 Å². The van der Waals surface area contributed by atoms with Crippen molar-refractivity contribution in [3.63, 3.8) is 0 Å². The molecule has 0 aromatic rings. The number of piperidine rings is 2. The van der Waals surface area contributed by atoms with Crippen LogP contribution >= 0.6 is 24.4 Å². The van der Waals surface area contributed by atoms with Crippen LogP contribution in [0.25, 0.3) is 0 Å². The van der Waals surface area contributed by atoms with Crippen LogP contribution in [0.1, 0.15) is 77.0 Å². The van der Waals surface area contributed by atoms with Gasteiger partial charge >= 0.3 is 0 Å². The second-order valence-electron chi connectivity index (χ2n) is 9.33. The fourth-order valence-electron chi connectivity index (χ4n) is 6.96. The van der Waals surface area contributed by atoms with E-state index in [4.69, 9.17) is 24.4 Å². The molecule has 0 unspecified atom stereocenters. The maximum absolute atomic E-state index is 5.40. The third-order valence-corrected chi connectivity index (χ3v) is 9.10. The summed E-state index contributed by atoms with van der Waals surface area (Å²) in [5.41, 5.74) is 1.14. The van der Waals surface area contributed by atoms with Gasteiger partial charge in [0.1, 0.15) is 0 Å². The lowest BCUT2D eigenvalue weighted by atomic mass is 9.88. The smallest absolute Gasteiger partial charge is 0.0784 e. The summed E-state index contributed by atoms with van der Waals surface area (Å²) in [6, 6.07) is 0. The van der Waals surface area contributed by atoms with E-state index < -0.39 is 0 Å². The van der Waals surface area contributed by atoms with E-state index in [9.17, 15) is 0 Å². The first-order valence-corrected chi connectivity index (χ1v) is 11.0. The van der Waals surface area contributed by atoms with E-state index in [1.807, 2.05) is 0 Å². The van der Waals surface area contributed by atoms with Crippen molar-refractivity contribution in [2.24, 2.45) is 11.8 Å². The molecule has 4 atom stereocenters. The standard InChI is InChI=1S/2C10H15NS/c2*12-9-2-5-10-4-1-8(7-10)3-6-11(9)10/h2*8H,1-7H2/t2*8-,10+/m10/s1. The van der Waals surface area contributed by atoms with Crippen molar-refractivity contribution in [3.05, 3.63) is 0 Å². The fraction of sp³-hybridized carbons (Fsp3) is 0.900. The molecule has 0 aromatic carbocycles. The maximum Gasteiger partial charge on any atom is 0.0784 e. The van der Waals surface area contributed by atoms with Gasteiger partial charge < -0.3 is 9.80 Å². The van der Waals surface area contributed by atoms with Gasteiger partial charge in [-0.3, -0.25) is 0 Å². The molecule has 4 heterocycles. The average molecular weight is 363 g/mol. The minimum Gasteiger partial charge on any atom is -0.360 e. The van der Waals surface area contributed by atoms with Crippen molar-refractivity contribution in [1.82, 2.24) is 9.80 Å². The summed E-state index contributed by atoms with van der Waals surface area (Å²) < 4.78 is 0. The van der Waals surface area contributed by atoms with Crippen LogP contribution in [0.15, 0.2) is 0 Å². The van der Waals surface area contributed by atoms with Crippen molar-refractivity contribution in [2.45, 2.75) is 88.1 Å². The molecule has 0 aromatic heterocycles. The second kappa shape index (κ2) is 5.64. The summed E-state index contributed by atoms with van der Waals surface area (Å²) >= 11 is 10.8. The van der Waals surface area contributed by atoms with Gasteiger partial charge in [0.15, 0.2) is 0 Å². The minimum atomic E-state index is 0.569. The van der Waals surface area contributed by atoms with Gasteiger partial charge in [-0.2, -0.15) is 0 Å². The van der Waals surface area contributed by atoms with Gasteiger partial charge in [0.25, 0.3) is 0 Å². The van der Waals surface area contributed by atoms with Crippen molar-refractivity contribution in [3.8, 4) is 0 Å². The number of hydrogen-bond donors (Lipinski definition) is 0. The van der Waals surface area contributed by atoms with Crippen molar-refractivity contribution < 1.29 is 0 Å².